The first kappa shape index (κ1) is 19.0. The van der Waals surface area contributed by atoms with Crippen LogP contribution in [0.3, 0.4) is 0 Å². The molecule has 0 atom stereocenters. The molecule has 4 rings (SSSR count). The summed E-state index contributed by atoms with van der Waals surface area (Å²) in [4.78, 5) is 14.6. The standard InChI is InChI=1S/C19H17Cl2N5OS/c20-16-10-15(18(21)28-16)19(27)24-13-5-3-12(4-6-13)23-17-9-14(11-22-25-17)26-7-1-2-8-26/h3-6,9-11H,1-2,7-8H2,(H,23,25)(H,24,27). The summed E-state index contributed by atoms with van der Waals surface area (Å²) in [5, 5.41) is 14.3. The van der Waals surface area contributed by atoms with Gasteiger partial charge in [0.1, 0.15) is 4.34 Å². The van der Waals surface area contributed by atoms with Crippen LogP contribution in [0.5, 0.6) is 0 Å². The van der Waals surface area contributed by atoms with Crippen molar-refractivity contribution in [2.24, 2.45) is 0 Å². The Morgan fingerprint density at radius 3 is 2.46 bits per heavy atom. The molecule has 1 amide bonds. The van der Waals surface area contributed by atoms with Gasteiger partial charge in [0, 0.05) is 30.5 Å². The second-order valence-electron chi connectivity index (χ2n) is 6.39. The predicted octanol–water partition coefficient (Wildman–Crippen LogP) is 5.44. The lowest BCUT2D eigenvalue weighted by Gasteiger charge is -2.17. The maximum Gasteiger partial charge on any atom is 0.258 e. The van der Waals surface area contributed by atoms with Gasteiger partial charge in [-0.3, -0.25) is 4.79 Å². The third-order valence-corrected chi connectivity index (χ3v) is 5.92. The van der Waals surface area contributed by atoms with Crippen molar-refractivity contribution in [2.75, 3.05) is 28.6 Å². The van der Waals surface area contributed by atoms with E-state index in [4.69, 9.17) is 23.2 Å². The SMILES string of the molecule is O=C(Nc1ccc(Nc2cc(N3CCCC3)cnn2)cc1)c1cc(Cl)sc1Cl. The molecule has 2 N–H and O–H groups in total. The number of hydrogen-bond acceptors (Lipinski definition) is 6. The van der Waals surface area contributed by atoms with Gasteiger partial charge in [-0.05, 0) is 43.2 Å². The highest BCUT2D eigenvalue weighted by molar-refractivity contribution is 7.20. The molecular weight excluding hydrogens is 417 g/mol. The highest BCUT2D eigenvalue weighted by atomic mass is 35.5. The Labute approximate surface area is 176 Å². The number of anilines is 4. The molecule has 0 saturated carbocycles. The summed E-state index contributed by atoms with van der Waals surface area (Å²) in [6.45, 7) is 2.11. The maximum atomic E-state index is 12.3. The molecule has 0 spiro atoms. The van der Waals surface area contributed by atoms with Crippen LogP contribution < -0.4 is 15.5 Å². The Kier molecular flexibility index (Phi) is 5.66. The van der Waals surface area contributed by atoms with E-state index < -0.39 is 0 Å². The van der Waals surface area contributed by atoms with Crippen LogP contribution in [0.25, 0.3) is 0 Å². The number of nitrogens with one attached hydrogen (secondary N) is 2. The second kappa shape index (κ2) is 8.34. The van der Waals surface area contributed by atoms with Gasteiger partial charge in [-0.1, -0.05) is 23.2 Å². The van der Waals surface area contributed by atoms with E-state index in [0.717, 1.165) is 24.5 Å². The summed E-state index contributed by atoms with van der Waals surface area (Å²) >= 11 is 13.1. The first-order chi connectivity index (χ1) is 13.6. The van der Waals surface area contributed by atoms with E-state index in [9.17, 15) is 4.79 Å². The maximum absolute atomic E-state index is 12.3. The first-order valence-corrected chi connectivity index (χ1v) is 10.4. The van der Waals surface area contributed by atoms with Crippen molar-refractivity contribution in [1.29, 1.82) is 0 Å². The molecule has 1 aromatic carbocycles. The predicted molar refractivity (Wildman–Crippen MR) is 115 cm³/mol. The average Bonchev–Trinajstić information content (AvgIpc) is 3.33. The van der Waals surface area contributed by atoms with Gasteiger partial charge in [0.05, 0.1) is 21.8 Å². The van der Waals surface area contributed by atoms with E-state index in [1.807, 2.05) is 18.2 Å². The van der Waals surface area contributed by atoms with Gasteiger partial charge in [-0.25, -0.2) is 0 Å². The van der Waals surface area contributed by atoms with E-state index in [2.05, 4.69) is 25.7 Å². The molecule has 0 bridgehead atoms. The molecule has 0 unspecified atom stereocenters. The summed E-state index contributed by atoms with van der Waals surface area (Å²) in [5.41, 5.74) is 2.95. The first-order valence-electron chi connectivity index (χ1n) is 8.79. The van der Waals surface area contributed by atoms with E-state index in [1.54, 1.807) is 24.4 Å². The van der Waals surface area contributed by atoms with E-state index in [1.165, 1.54) is 24.2 Å². The zero-order chi connectivity index (χ0) is 19.5. The van der Waals surface area contributed by atoms with Crippen LogP contribution >= 0.6 is 34.5 Å². The van der Waals surface area contributed by atoms with Crippen molar-refractivity contribution in [3.05, 3.63) is 56.8 Å². The molecule has 3 heterocycles. The van der Waals surface area contributed by atoms with Crippen LogP contribution in [-0.4, -0.2) is 29.2 Å². The quantitative estimate of drug-likeness (QED) is 0.560. The number of aromatic nitrogens is 2. The van der Waals surface area contributed by atoms with Gasteiger partial charge in [-0.15, -0.1) is 16.4 Å². The zero-order valence-corrected chi connectivity index (χ0v) is 17.1. The summed E-state index contributed by atoms with van der Waals surface area (Å²) < 4.78 is 0.851. The fraction of sp³-hybridized carbons (Fsp3) is 0.211. The Morgan fingerprint density at radius 2 is 1.79 bits per heavy atom. The molecule has 0 aliphatic carbocycles. The lowest BCUT2D eigenvalue weighted by molar-refractivity contribution is 0.102. The van der Waals surface area contributed by atoms with Crippen LogP contribution in [0, 0.1) is 0 Å². The van der Waals surface area contributed by atoms with Gasteiger partial charge in [0.15, 0.2) is 5.82 Å². The zero-order valence-electron chi connectivity index (χ0n) is 14.8. The van der Waals surface area contributed by atoms with Crippen molar-refractivity contribution in [3.8, 4) is 0 Å². The molecule has 28 heavy (non-hydrogen) atoms. The van der Waals surface area contributed by atoms with Gasteiger partial charge < -0.3 is 15.5 Å². The number of halogens is 2. The minimum atomic E-state index is -0.293. The minimum absolute atomic E-state index is 0.293. The second-order valence-corrected chi connectivity index (χ2v) is 8.67. The highest BCUT2D eigenvalue weighted by Crippen LogP contribution is 2.31. The fourth-order valence-electron chi connectivity index (χ4n) is 3.04. The number of amides is 1. The van der Waals surface area contributed by atoms with Crippen LogP contribution in [-0.2, 0) is 0 Å². The third kappa shape index (κ3) is 4.38. The van der Waals surface area contributed by atoms with E-state index in [0.29, 0.717) is 25.7 Å². The van der Waals surface area contributed by atoms with Crippen LogP contribution in [0.15, 0.2) is 42.6 Å². The van der Waals surface area contributed by atoms with Crippen molar-refractivity contribution in [3.63, 3.8) is 0 Å². The van der Waals surface area contributed by atoms with Crippen molar-refractivity contribution in [2.45, 2.75) is 12.8 Å². The van der Waals surface area contributed by atoms with Crippen LogP contribution in [0.1, 0.15) is 23.2 Å². The normalized spacial score (nSPS) is 13.6. The molecular formula is C19H17Cl2N5OS. The number of hydrogen-bond donors (Lipinski definition) is 2. The van der Waals surface area contributed by atoms with E-state index >= 15 is 0 Å². The Morgan fingerprint density at radius 1 is 1.07 bits per heavy atom. The van der Waals surface area contributed by atoms with Crippen LogP contribution in [0.4, 0.5) is 22.9 Å². The highest BCUT2D eigenvalue weighted by Gasteiger charge is 2.15. The summed E-state index contributed by atoms with van der Waals surface area (Å²) in [5.74, 6) is 0.388. The molecule has 1 aliphatic rings. The number of rotatable bonds is 5. The molecule has 1 aliphatic heterocycles. The summed E-state index contributed by atoms with van der Waals surface area (Å²) in [7, 11) is 0. The molecule has 1 fully saturated rings. The largest absolute Gasteiger partial charge is 0.370 e. The van der Waals surface area contributed by atoms with Gasteiger partial charge in [-0.2, -0.15) is 5.10 Å². The molecule has 1 saturated heterocycles. The molecule has 144 valence electrons. The Balaban J connectivity index is 1.41. The number of carbonyl (C=O) groups excluding carboxylic acids is 1. The van der Waals surface area contributed by atoms with Crippen molar-refractivity contribution < 1.29 is 4.79 Å². The lowest BCUT2D eigenvalue weighted by atomic mass is 10.2. The topological polar surface area (TPSA) is 70.2 Å². The smallest absolute Gasteiger partial charge is 0.258 e. The molecule has 0 radical (unpaired) electrons. The molecule has 6 nitrogen and oxygen atoms in total. The van der Waals surface area contributed by atoms with Gasteiger partial charge in [0.2, 0.25) is 0 Å². The van der Waals surface area contributed by atoms with Crippen LogP contribution in [0.2, 0.25) is 8.67 Å². The fourth-order valence-corrected chi connectivity index (χ4v) is 4.50. The Bertz CT molecular complexity index is 986. The number of carbonyl (C=O) groups is 1. The Hall–Kier alpha value is -2.35. The molecule has 9 heteroatoms. The molecule has 2 aromatic heterocycles. The summed E-state index contributed by atoms with van der Waals surface area (Å²) in [6, 6.07) is 10.9. The monoisotopic (exact) mass is 433 g/mol. The molecule has 3 aromatic rings. The van der Waals surface area contributed by atoms with Crippen molar-refractivity contribution >= 4 is 63.3 Å². The van der Waals surface area contributed by atoms with Gasteiger partial charge in [0.25, 0.3) is 5.91 Å². The van der Waals surface area contributed by atoms with E-state index in [-0.39, 0.29) is 5.91 Å². The minimum Gasteiger partial charge on any atom is -0.370 e. The van der Waals surface area contributed by atoms with Crippen molar-refractivity contribution in [1.82, 2.24) is 10.2 Å². The van der Waals surface area contributed by atoms with Gasteiger partial charge >= 0.3 is 0 Å². The number of nitrogens with zero attached hydrogens (tertiary/aromatic N) is 3. The number of thiophene rings is 1. The third-order valence-electron chi connectivity index (χ3n) is 4.43. The average molecular weight is 434 g/mol. The summed E-state index contributed by atoms with van der Waals surface area (Å²) in [6.07, 6.45) is 4.21. The lowest BCUT2D eigenvalue weighted by Crippen LogP contribution is -2.18. The number of benzene rings is 1.